The lowest BCUT2D eigenvalue weighted by molar-refractivity contribution is -0.145. The van der Waals surface area contributed by atoms with Gasteiger partial charge in [-0.25, -0.2) is 4.39 Å². The molecule has 0 bridgehead atoms. The zero-order valence-electron chi connectivity index (χ0n) is 14.0. The molecule has 1 N–H and O–H groups in total. The minimum atomic E-state index is -0.557. The van der Waals surface area contributed by atoms with Gasteiger partial charge in [0.1, 0.15) is 12.4 Å². The van der Waals surface area contributed by atoms with Crippen molar-refractivity contribution in [2.24, 2.45) is 0 Å². The Kier molecular flexibility index (Phi) is 6.53. The Morgan fingerprint density at radius 1 is 1.20 bits per heavy atom. The number of nitrogens with one attached hydrogen (secondary N) is 1. The van der Waals surface area contributed by atoms with Crippen LogP contribution in [0.15, 0.2) is 42.5 Å². The van der Waals surface area contributed by atoms with Gasteiger partial charge in [-0.2, -0.15) is 0 Å². The number of carbonyl (C=O) groups is 2. The molecular formula is C19H19ClFNO3. The van der Waals surface area contributed by atoms with Gasteiger partial charge in [0.25, 0.3) is 0 Å². The third-order valence-electron chi connectivity index (χ3n) is 3.67. The van der Waals surface area contributed by atoms with Gasteiger partial charge in [0.2, 0.25) is 5.91 Å². The summed E-state index contributed by atoms with van der Waals surface area (Å²) in [6.07, 6.45) is -0.0608. The summed E-state index contributed by atoms with van der Waals surface area (Å²) in [5.74, 6) is -1.34. The summed E-state index contributed by atoms with van der Waals surface area (Å²) in [6.45, 7) is 3.07. The molecule has 1 atom stereocenters. The third kappa shape index (κ3) is 5.57. The van der Waals surface area contributed by atoms with E-state index in [1.54, 1.807) is 0 Å². The molecule has 4 nitrogen and oxygen atoms in total. The van der Waals surface area contributed by atoms with Crippen molar-refractivity contribution < 1.29 is 18.7 Å². The third-order valence-corrected chi connectivity index (χ3v) is 4.02. The van der Waals surface area contributed by atoms with Crippen LogP contribution in [-0.4, -0.2) is 11.9 Å². The molecule has 0 saturated heterocycles. The maximum absolute atomic E-state index is 13.7. The number of benzene rings is 2. The molecule has 0 fully saturated rings. The molecule has 1 amide bonds. The molecule has 25 heavy (non-hydrogen) atoms. The van der Waals surface area contributed by atoms with E-state index in [1.807, 2.05) is 31.2 Å². The Hall–Kier alpha value is -2.40. The van der Waals surface area contributed by atoms with Crippen molar-refractivity contribution in [2.45, 2.75) is 32.9 Å². The smallest absolute Gasteiger partial charge is 0.308 e. The summed E-state index contributed by atoms with van der Waals surface area (Å²) >= 11 is 5.91. The van der Waals surface area contributed by atoms with Crippen LogP contribution in [0.1, 0.15) is 36.1 Å². The normalized spacial score (nSPS) is 11.7. The van der Waals surface area contributed by atoms with Gasteiger partial charge in [0.15, 0.2) is 0 Å². The molecular weight excluding hydrogens is 345 g/mol. The topological polar surface area (TPSA) is 55.4 Å². The highest BCUT2D eigenvalue weighted by atomic mass is 35.5. The number of ether oxygens (including phenoxy) is 1. The molecule has 0 heterocycles. The zero-order valence-corrected chi connectivity index (χ0v) is 14.8. The molecule has 2 aromatic rings. The quantitative estimate of drug-likeness (QED) is 0.786. The molecule has 0 aliphatic carbocycles. The summed E-state index contributed by atoms with van der Waals surface area (Å²) in [4.78, 5) is 23.5. The van der Waals surface area contributed by atoms with E-state index in [4.69, 9.17) is 16.3 Å². The first kappa shape index (κ1) is 18.9. The summed E-state index contributed by atoms with van der Waals surface area (Å²) < 4.78 is 18.8. The molecule has 0 spiro atoms. The van der Waals surface area contributed by atoms with Crippen molar-refractivity contribution >= 4 is 23.5 Å². The van der Waals surface area contributed by atoms with Crippen LogP contribution in [0.5, 0.6) is 0 Å². The summed E-state index contributed by atoms with van der Waals surface area (Å²) in [5.41, 5.74) is 1.99. The van der Waals surface area contributed by atoms with E-state index in [9.17, 15) is 14.0 Å². The lowest BCUT2D eigenvalue weighted by Crippen LogP contribution is -2.28. The number of hydrogen-bond donors (Lipinski definition) is 1. The fourth-order valence-corrected chi connectivity index (χ4v) is 2.56. The Balaban J connectivity index is 2.04. The molecule has 6 heteroatoms. The molecule has 2 rings (SSSR count). The first-order valence-corrected chi connectivity index (χ1v) is 8.17. The van der Waals surface area contributed by atoms with Crippen molar-refractivity contribution in [3.8, 4) is 0 Å². The molecule has 0 saturated carbocycles. The SMILES string of the molecule is CC(=O)NC(CC(=O)OCc1c(F)cccc1Cl)c1ccc(C)cc1. The van der Waals surface area contributed by atoms with Crippen LogP contribution >= 0.6 is 11.6 Å². The standard InChI is InChI=1S/C19H19ClFNO3/c1-12-6-8-14(9-7-12)18(22-13(2)23)10-19(24)25-11-15-16(20)4-3-5-17(15)21/h3-9,18H,10-11H2,1-2H3,(H,22,23). The van der Waals surface area contributed by atoms with E-state index in [1.165, 1.54) is 25.1 Å². The lowest BCUT2D eigenvalue weighted by Gasteiger charge is -2.18. The Bertz CT molecular complexity index is 742. The van der Waals surface area contributed by atoms with Gasteiger partial charge in [-0.05, 0) is 24.6 Å². The van der Waals surface area contributed by atoms with Crippen LogP contribution < -0.4 is 5.32 Å². The average molecular weight is 364 g/mol. The van der Waals surface area contributed by atoms with Crippen molar-refractivity contribution in [3.63, 3.8) is 0 Å². The summed E-state index contributed by atoms with van der Waals surface area (Å²) in [6, 6.07) is 11.2. The van der Waals surface area contributed by atoms with Crippen LogP contribution in [0.25, 0.3) is 0 Å². The van der Waals surface area contributed by atoms with E-state index in [2.05, 4.69) is 5.32 Å². The maximum Gasteiger partial charge on any atom is 0.308 e. The monoisotopic (exact) mass is 363 g/mol. The molecule has 0 aromatic heterocycles. The number of hydrogen-bond acceptors (Lipinski definition) is 3. The number of amides is 1. The van der Waals surface area contributed by atoms with Crippen LogP contribution in [0.3, 0.4) is 0 Å². The summed E-state index contributed by atoms with van der Waals surface area (Å²) in [5, 5.41) is 2.93. The highest BCUT2D eigenvalue weighted by molar-refractivity contribution is 6.31. The highest BCUT2D eigenvalue weighted by Crippen LogP contribution is 2.22. The van der Waals surface area contributed by atoms with Crippen molar-refractivity contribution in [2.75, 3.05) is 0 Å². The Labute approximate surface area is 150 Å². The van der Waals surface area contributed by atoms with Crippen molar-refractivity contribution in [1.82, 2.24) is 5.32 Å². The predicted octanol–water partition coefficient (Wildman–Crippen LogP) is 4.10. The molecule has 132 valence electrons. The number of rotatable bonds is 6. The molecule has 1 unspecified atom stereocenters. The maximum atomic E-state index is 13.7. The second-order valence-corrected chi connectivity index (χ2v) is 6.14. The zero-order chi connectivity index (χ0) is 18.4. The Morgan fingerprint density at radius 2 is 1.88 bits per heavy atom. The average Bonchev–Trinajstić information content (AvgIpc) is 2.54. The largest absolute Gasteiger partial charge is 0.461 e. The van der Waals surface area contributed by atoms with Crippen LogP contribution in [-0.2, 0) is 20.9 Å². The number of aryl methyl sites for hydroxylation is 1. The molecule has 2 aromatic carbocycles. The second-order valence-electron chi connectivity index (χ2n) is 5.73. The molecule has 0 aliphatic heterocycles. The first-order valence-electron chi connectivity index (χ1n) is 7.79. The predicted molar refractivity (Wildman–Crippen MR) is 93.6 cm³/mol. The van der Waals surface area contributed by atoms with Crippen molar-refractivity contribution in [1.29, 1.82) is 0 Å². The van der Waals surface area contributed by atoms with Gasteiger partial charge in [0, 0.05) is 12.5 Å². The molecule has 0 radical (unpaired) electrons. The van der Waals surface area contributed by atoms with Gasteiger partial charge in [0.05, 0.1) is 17.5 Å². The number of carbonyl (C=O) groups excluding carboxylic acids is 2. The van der Waals surface area contributed by atoms with E-state index >= 15 is 0 Å². The van der Waals surface area contributed by atoms with Gasteiger partial charge in [-0.15, -0.1) is 0 Å². The minimum absolute atomic E-state index is 0.0608. The lowest BCUT2D eigenvalue weighted by atomic mass is 10.0. The first-order chi connectivity index (χ1) is 11.9. The van der Waals surface area contributed by atoms with E-state index in [0.717, 1.165) is 11.1 Å². The fourth-order valence-electron chi connectivity index (χ4n) is 2.34. The number of halogens is 2. The van der Waals surface area contributed by atoms with E-state index in [-0.39, 0.29) is 29.5 Å². The van der Waals surface area contributed by atoms with Gasteiger partial charge in [-0.3, -0.25) is 9.59 Å². The highest BCUT2D eigenvalue weighted by Gasteiger charge is 2.19. The van der Waals surface area contributed by atoms with E-state index < -0.39 is 17.8 Å². The van der Waals surface area contributed by atoms with Crippen LogP contribution in [0.4, 0.5) is 4.39 Å². The van der Waals surface area contributed by atoms with Gasteiger partial charge in [-0.1, -0.05) is 47.5 Å². The van der Waals surface area contributed by atoms with Crippen LogP contribution in [0, 0.1) is 12.7 Å². The second kappa shape index (κ2) is 8.62. The van der Waals surface area contributed by atoms with E-state index in [0.29, 0.717) is 0 Å². The van der Waals surface area contributed by atoms with Crippen molar-refractivity contribution in [3.05, 3.63) is 70.0 Å². The van der Waals surface area contributed by atoms with Gasteiger partial charge < -0.3 is 10.1 Å². The summed E-state index contributed by atoms with van der Waals surface area (Å²) in [7, 11) is 0. The number of esters is 1. The Morgan fingerprint density at radius 3 is 2.48 bits per heavy atom. The minimum Gasteiger partial charge on any atom is -0.461 e. The fraction of sp³-hybridized carbons (Fsp3) is 0.263. The molecule has 0 aliphatic rings. The van der Waals surface area contributed by atoms with Gasteiger partial charge >= 0.3 is 5.97 Å². The van der Waals surface area contributed by atoms with Crippen LogP contribution in [0.2, 0.25) is 5.02 Å².